The smallest absolute Gasteiger partial charge is 0.127 e. The Labute approximate surface area is 107 Å². The molecule has 0 aromatic heterocycles. The molecule has 92 valence electrons. The highest BCUT2D eigenvalue weighted by Gasteiger charge is 2.05. The highest BCUT2D eigenvalue weighted by molar-refractivity contribution is 5.66. The summed E-state index contributed by atoms with van der Waals surface area (Å²) in [5.74, 6) is 1.04. The van der Waals surface area contributed by atoms with Crippen LogP contribution in [0.4, 0.5) is 0 Å². The van der Waals surface area contributed by atoms with Crippen LogP contribution >= 0.6 is 0 Å². The number of hydrogen-bond donors (Lipinski definition) is 1. The third-order valence-electron chi connectivity index (χ3n) is 2.72. The van der Waals surface area contributed by atoms with E-state index < -0.39 is 0 Å². The summed E-state index contributed by atoms with van der Waals surface area (Å²) in [6.07, 6.45) is 0. The summed E-state index contributed by atoms with van der Waals surface area (Å²) < 4.78 is 5.74. The van der Waals surface area contributed by atoms with E-state index in [0.717, 1.165) is 22.4 Å². The lowest BCUT2D eigenvalue weighted by Crippen LogP contribution is -1.97. The molecule has 0 aliphatic carbocycles. The summed E-state index contributed by atoms with van der Waals surface area (Å²) in [6.45, 7) is 6.22. The number of aromatic hydroxyl groups is 1. The van der Waals surface area contributed by atoms with Crippen molar-refractivity contribution in [2.24, 2.45) is 0 Å². The van der Waals surface area contributed by atoms with Crippen LogP contribution < -0.4 is 4.74 Å². The number of hydrogen-bond acceptors (Lipinski definition) is 2. The Morgan fingerprint density at radius 1 is 1.11 bits per heavy atom. The van der Waals surface area contributed by atoms with Crippen LogP contribution in [0.25, 0.3) is 5.57 Å². The maximum atomic E-state index is 9.67. The van der Waals surface area contributed by atoms with E-state index in [-0.39, 0.29) is 5.75 Å². The zero-order valence-electron chi connectivity index (χ0n) is 10.4. The molecule has 0 spiro atoms. The van der Waals surface area contributed by atoms with Crippen molar-refractivity contribution in [1.82, 2.24) is 0 Å². The predicted molar refractivity (Wildman–Crippen MR) is 73.6 cm³/mol. The quantitative estimate of drug-likeness (QED) is 0.875. The fourth-order valence-corrected chi connectivity index (χ4v) is 1.73. The first-order chi connectivity index (χ1) is 8.68. The second-order valence-electron chi connectivity index (χ2n) is 4.19. The second-order valence-corrected chi connectivity index (χ2v) is 4.19. The SMILES string of the molecule is C=C(C)c1ccccc1OCc1ccccc1O. The summed E-state index contributed by atoms with van der Waals surface area (Å²) in [4.78, 5) is 0. The molecule has 1 N–H and O–H groups in total. The van der Waals surface area contributed by atoms with Crippen molar-refractivity contribution < 1.29 is 9.84 Å². The van der Waals surface area contributed by atoms with Gasteiger partial charge in [0, 0.05) is 11.1 Å². The Morgan fingerprint density at radius 2 is 1.78 bits per heavy atom. The Kier molecular flexibility index (Phi) is 3.68. The topological polar surface area (TPSA) is 29.5 Å². The van der Waals surface area contributed by atoms with Crippen LogP contribution in [0.2, 0.25) is 0 Å². The van der Waals surface area contributed by atoms with Crippen molar-refractivity contribution in [3.8, 4) is 11.5 Å². The van der Waals surface area contributed by atoms with Crippen LogP contribution in [0, 0.1) is 0 Å². The number of para-hydroxylation sites is 2. The minimum Gasteiger partial charge on any atom is -0.508 e. The maximum Gasteiger partial charge on any atom is 0.127 e. The minimum atomic E-state index is 0.255. The standard InChI is InChI=1S/C16H16O2/c1-12(2)14-8-4-6-10-16(14)18-11-13-7-3-5-9-15(13)17/h3-10,17H,1,11H2,2H3. The molecule has 2 aromatic carbocycles. The Hall–Kier alpha value is -2.22. The summed E-state index contributed by atoms with van der Waals surface area (Å²) >= 11 is 0. The molecular formula is C16H16O2. The van der Waals surface area contributed by atoms with Crippen LogP contribution in [-0.4, -0.2) is 5.11 Å². The van der Waals surface area contributed by atoms with Crippen molar-refractivity contribution in [3.05, 3.63) is 66.2 Å². The van der Waals surface area contributed by atoms with Gasteiger partial charge in [-0.3, -0.25) is 0 Å². The highest BCUT2D eigenvalue weighted by atomic mass is 16.5. The third-order valence-corrected chi connectivity index (χ3v) is 2.72. The largest absolute Gasteiger partial charge is 0.508 e. The average Bonchev–Trinajstić information content (AvgIpc) is 2.38. The van der Waals surface area contributed by atoms with Gasteiger partial charge in [0.2, 0.25) is 0 Å². The molecule has 0 aliphatic rings. The van der Waals surface area contributed by atoms with Gasteiger partial charge in [0.25, 0.3) is 0 Å². The molecule has 0 fully saturated rings. The molecule has 0 saturated carbocycles. The first-order valence-electron chi connectivity index (χ1n) is 5.83. The molecule has 0 bridgehead atoms. The van der Waals surface area contributed by atoms with Crippen molar-refractivity contribution >= 4 is 5.57 Å². The number of allylic oxidation sites excluding steroid dienone is 1. The molecular weight excluding hydrogens is 224 g/mol. The van der Waals surface area contributed by atoms with Gasteiger partial charge in [0.05, 0.1) is 0 Å². The molecule has 0 unspecified atom stereocenters. The zero-order chi connectivity index (χ0) is 13.0. The number of benzene rings is 2. The summed E-state index contributed by atoms with van der Waals surface area (Å²) in [5.41, 5.74) is 2.73. The number of ether oxygens (including phenoxy) is 1. The molecule has 0 aliphatic heterocycles. The molecule has 0 saturated heterocycles. The van der Waals surface area contributed by atoms with E-state index in [1.165, 1.54) is 0 Å². The Balaban J connectivity index is 2.16. The van der Waals surface area contributed by atoms with Crippen LogP contribution in [0.3, 0.4) is 0 Å². The van der Waals surface area contributed by atoms with Gasteiger partial charge in [-0.25, -0.2) is 0 Å². The molecule has 2 nitrogen and oxygen atoms in total. The van der Waals surface area contributed by atoms with Gasteiger partial charge in [-0.2, -0.15) is 0 Å². The van der Waals surface area contributed by atoms with Crippen LogP contribution in [0.5, 0.6) is 11.5 Å². The Bertz CT molecular complexity index is 559. The van der Waals surface area contributed by atoms with Gasteiger partial charge in [-0.05, 0) is 24.6 Å². The normalized spacial score (nSPS) is 10.1. The number of rotatable bonds is 4. The van der Waals surface area contributed by atoms with E-state index in [4.69, 9.17) is 4.74 Å². The number of phenolic OH excluding ortho intramolecular Hbond substituents is 1. The monoisotopic (exact) mass is 240 g/mol. The van der Waals surface area contributed by atoms with E-state index in [1.54, 1.807) is 12.1 Å². The van der Waals surface area contributed by atoms with Crippen molar-refractivity contribution in [2.75, 3.05) is 0 Å². The summed E-state index contributed by atoms with van der Waals surface area (Å²) in [6, 6.07) is 14.9. The first kappa shape index (κ1) is 12.2. The number of phenols is 1. The third kappa shape index (κ3) is 2.72. The second kappa shape index (κ2) is 5.41. The lowest BCUT2D eigenvalue weighted by molar-refractivity contribution is 0.298. The van der Waals surface area contributed by atoms with E-state index in [9.17, 15) is 5.11 Å². The van der Waals surface area contributed by atoms with E-state index in [2.05, 4.69) is 6.58 Å². The maximum absolute atomic E-state index is 9.67. The molecule has 0 atom stereocenters. The zero-order valence-corrected chi connectivity index (χ0v) is 10.4. The van der Waals surface area contributed by atoms with Crippen molar-refractivity contribution in [2.45, 2.75) is 13.5 Å². The van der Waals surface area contributed by atoms with Crippen LogP contribution in [-0.2, 0) is 6.61 Å². The molecule has 2 rings (SSSR count). The van der Waals surface area contributed by atoms with Gasteiger partial charge in [0.1, 0.15) is 18.1 Å². The molecule has 18 heavy (non-hydrogen) atoms. The lowest BCUT2D eigenvalue weighted by Gasteiger charge is -2.11. The van der Waals surface area contributed by atoms with E-state index in [1.807, 2.05) is 43.3 Å². The van der Waals surface area contributed by atoms with E-state index in [0.29, 0.717) is 6.61 Å². The van der Waals surface area contributed by atoms with Crippen LogP contribution in [0.1, 0.15) is 18.1 Å². The van der Waals surface area contributed by atoms with E-state index >= 15 is 0 Å². The minimum absolute atomic E-state index is 0.255. The molecule has 0 radical (unpaired) electrons. The molecule has 2 heteroatoms. The van der Waals surface area contributed by atoms with Gasteiger partial charge in [-0.15, -0.1) is 0 Å². The van der Waals surface area contributed by atoms with Crippen molar-refractivity contribution in [1.29, 1.82) is 0 Å². The summed E-state index contributed by atoms with van der Waals surface area (Å²) in [5, 5.41) is 9.67. The lowest BCUT2D eigenvalue weighted by atomic mass is 10.1. The van der Waals surface area contributed by atoms with Gasteiger partial charge >= 0.3 is 0 Å². The fraction of sp³-hybridized carbons (Fsp3) is 0.125. The van der Waals surface area contributed by atoms with Gasteiger partial charge in [-0.1, -0.05) is 43.0 Å². The van der Waals surface area contributed by atoms with Gasteiger partial charge in [0.15, 0.2) is 0 Å². The molecule has 2 aromatic rings. The predicted octanol–water partition coefficient (Wildman–Crippen LogP) is 4.00. The molecule has 0 amide bonds. The van der Waals surface area contributed by atoms with Gasteiger partial charge < -0.3 is 9.84 Å². The highest BCUT2D eigenvalue weighted by Crippen LogP contribution is 2.26. The average molecular weight is 240 g/mol. The first-order valence-corrected chi connectivity index (χ1v) is 5.83. The van der Waals surface area contributed by atoms with Crippen molar-refractivity contribution in [3.63, 3.8) is 0 Å². The summed E-state index contributed by atoms with van der Waals surface area (Å²) in [7, 11) is 0. The Morgan fingerprint density at radius 3 is 2.50 bits per heavy atom. The van der Waals surface area contributed by atoms with Crippen LogP contribution in [0.15, 0.2) is 55.1 Å². The fourth-order valence-electron chi connectivity index (χ4n) is 1.73. The molecule has 0 heterocycles.